The van der Waals surface area contributed by atoms with Crippen molar-refractivity contribution in [3.63, 3.8) is 0 Å². The third-order valence-corrected chi connectivity index (χ3v) is 5.30. The molecule has 0 heterocycles. The summed E-state index contributed by atoms with van der Waals surface area (Å²) in [5, 5.41) is 10.9. The average molecular weight is 342 g/mol. The van der Waals surface area contributed by atoms with E-state index in [1.54, 1.807) is 7.11 Å². The van der Waals surface area contributed by atoms with Gasteiger partial charge < -0.3 is 9.84 Å². The molecule has 0 fully saturated rings. The average Bonchev–Trinajstić information content (AvgIpc) is 2.69. The fraction of sp³-hybridized carbons (Fsp3) is 0.167. The van der Waals surface area contributed by atoms with E-state index in [9.17, 15) is 5.11 Å². The minimum Gasteiger partial charge on any atom is -0.508 e. The number of hydrogen-bond donors (Lipinski definition) is 1. The summed E-state index contributed by atoms with van der Waals surface area (Å²) in [6, 6.07) is 24.9. The molecule has 0 saturated heterocycles. The SMILES string of the molecule is COc1ccc2c(c1)C(O)=CC(c1ccccc1)(c1ccc(C)cc1)C2. The van der Waals surface area contributed by atoms with Gasteiger partial charge in [-0.05, 0) is 48.2 Å². The molecule has 1 unspecified atom stereocenters. The summed E-state index contributed by atoms with van der Waals surface area (Å²) in [5.74, 6) is 1.06. The van der Waals surface area contributed by atoms with Gasteiger partial charge in [0.25, 0.3) is 0 Å². The highest BCUT2D eigenvalue weighted by atomic mass is 16.5. The van der Waals surface area contributed by atoms with Gasteiger partial charge in [-0.1, -0.05) is 66.2 Å². The zero-order valence-corrected chi connectivity index (χ0v) is 15.1. The standard InChI is InChI=1S/C24H22O2/c1-17-8-11-20(12-9-17)24(19-6-4-3-5-7-19)15-18-10-13-21(26-2)14-22(18)23(25)16-24/h3-14,16,25H,15H2,1-2H3. The Hall–Kier alpha value is -3.00. The highest BCUT2D eigenvalue weighted by molar-refractivity contribution is 5.71. The zero-order valence-electron chi connectivity index (χ0n) is 15.1. The van der Waals surface area contributed by atoms with Gasteiger partial charge in [-0.25, -0.2) is 0 Å². The van der Waals surface area contributed by atoms with Gasteiger partial charge in [0.2, 0.25) is 0 Å². The quantitative estimate of drug-likeness (QED) is 0.686. The first-order valence-corrected chi connectivity index (χ1v) is 8.84. The van der Waals surface area contributed by atoms with E-state index in [4.69, 9.17) is 4.74 Å². The summed E-state index contributed by atoms with van der Waals surface area (Å²) in [6.07, 6.45) is 2.79. The highest BCUT2D eigenvalue weighted by Crippen LogP contribution is 2.44. The van der Waals surface area contributed by atoms with E-state index in [1.807, 2.05) is 24.3 Å². The Morgan fingerprint density at radius 2 is 1.58 bits per heavy atom. The van der Waals surface area contributed by atoms with Crippen molar-refractivity contribution >= 4 is 5.76 Å². The normalized spacial score (nSPS) is 18.8. The van der Waals surface area contributed by atoms with E-state index in [1.165, 1.54) is 16.7 Å². The molecular weight excluding hydrogens is 320 g/mol. The van der Waals surface area contributed by atoms with E-state index < -0.39 is 0 Å². The molecule has 0 amide bonds. The molecule has 1 N–H and O–H groups in total. The predicted molar refractivity (Wildman–Crippen MR) is 106 cm³/mol. The van der Waals surface area contributed by atoms with E-state index in [0.717, 1.165) is 23.3 Å². The van der Waals surface area contributed by atoms with Gasteiger partial charge in [-0.3, -0.25) is 0 Å². The largest absolute Gasteiger partial charge is 0.508 e. The Balaban J connectivity index is 1.94. The number of aliphatic hydroxyl groups is 1. The molecule has 0 spiro atoms. The number of benzene rings is 3. The van der Waals surface area contributed by atoms with Crippen LogP contribution in [-0.4, -0.2) is 12.2 Å². The number of hydrogen-bond acceptors (Lipinski definition) is 2. The summed E-state index contributed by atoms with van der Waals surface area (Å²) < 4.78 is 5.32. The topological polar surface area (TPSA) is 29.5 Å². The van der Waals surface area contributed by atoms with Crippen LogP contribution < -0.4 is 4.74 Å². The molecule has 2 nitrogen and oxygen atoms in total. The van der Waals surface area contributed by atoms with Gasteiger partial charge in [0, 0.05) is 11.0 Å². The molecule has 0 bridgehead atoms. The molecular formula is C24H22O2. The molecule has 1 aliphatic carbocycles. The van der Waals surface area contributed by atoms with Gasteiger partial charge in [-0.2, -0.15) is 0 Å². The summed E-state index contributed by atoms with van der Waals surface area (Å²) in [4.78, 5) is 0. The fourth-order valence-electron chi connectivity index (χ4n) is 3.86. The van der Waals surface area contributed by atoms with Crippen molar-refractivity contribution in [1.29, 1.82) is 0 Å². The van der Waals surface area contributed by atoms with Gasteiger partial charge >= 0.3 is 0 Å². The van der Waals surface area contributed by atoms with Crippen LogP contribution in [0.15, 0.2) is 78.9 Å². The summed E-state index contributed by atoms with van der Waals surface area (Å²) >= 11 is 0. The Kier molecular flexibility index (Phi) is 4.04. The van der Waals surface area contributed by atoms with Gasteiger partial charge in [-0.15, -0.1) is 0 Å². The van der Waals surface area contributed by atoms with Crippen LogP contribution >= 0.6 is 0 Å². The second-order valence-electron chi connectivity index (χ2n) is 6.93. The second kappa shape index (κ2) is 6.38. The number of allylic oxidation sites excluding steroid dienone is 1. The molecule has 130 valence electrons. The predicted octanol–water partition coefficient (Wildman–Crippen LogP) is 5.44. The number of aliphatic hydroxyl groups excluding tert-OH is 1. The van der Waals surface area contributed by atoms with Gasteiger partial charge in [0.1, 0.15) is 11.5 Å². The third kappa shape index (κ3) is 2.68. The molecule has 3 aromatic rings. The molecule has 4 rings (SSSR count). The lowest BCUT2D eigenvalue weighted by atomic mass is 9.67. The first-order valence-electron chi connectivity index (χ1n) is 8.84. The van der Waals surface area contributed by atoms with Crippen molar-refractivity contribution in [2.75, 3.05) is 7.11 Å². The molecule has 0 radical (unpaired) electrons. The maximum atomic E-state index is 10.9. The number of fused-ring (bicyclic) bond motifs is 1. The van der Waals surface area contributed by atoms with E-state index in [0.29, 0.717) is 5.76 Å². The Bertz CT molecular complexity index is 955. The maximum absolute atomic E-state index is 10.9. The second-order valence-corrected chi connectivity index (χ2v) is 6.93. The van der Waals surface area contributed by atoms with Crippen molar-refractivity contribution in [2.45, 2.75) is 18.8 Å². The fourth-order valence-corrected chi connectivity index (χ4v) is 3.86. The first-order chi connectivity index (χ1) is 12.6. The lowest BCUT2D eigenvalue weighted by Crippen LogP contribution is -2.31. The Morgan fingerprint density at radius 3 is 2.27 bits per heavy atom. The smallest absolute Gasteiger partial charge is 0.120 e. The third-order valence-electron chi connectivity index (χ3n) is 5.30. The molecule has 1 atom stereocenters. The van der Waals surface area contributed by atoms with Crippen molar-refractivity contribution < 1.29 is 9.84 Å². The van der Waals surface area contributed by atoms with Crippen LogP contribution in [0.1, 0.15) is 27.8 Å². The highest BCUT2D eigenvalue weighted by Gasteiger charge is 2.37. The van der Waals surface area contributed by atoms with Crippen LogP contribution in [0, 0.1) is 6.92 Å². The van der Waals surface area contributed by atoms with Crippen LogP contribution in [0.2, 0.25) is 0 Å². The van der Waals surface area contributed by atoms with Crippen molar-refractivity contribution in [3.8, 4) is 5.75 Å². The van der Waals surface area contributed by atoms with Crippen LogP contribution in [0.3, 0.4) is 0 Å². The van der Waals surface area contributed by atoms with Crippen LogP contribution in [0.5, 0.6) is 5.75 Å². The maximum Gasteiger partial charge on any atom is 0.120 e. The molecule has 0 aliphatic heterocycles. The monoisotopic (exact) mass is 342 g/mol. The summed E-state index contributed by atoms with van der Waals surface area (Å²) in [5.41, 5.74) is 5.17. The zero-order chi connectivity index (χ0) is 18.1. The Morgan fingerprint density at radius 1 is 0.885 bits per heavy atom. The van der Waals surface area contributed by atoms with Crippen LogP contribution in [0.4, 0.5) is 0 Å². The van der Waals surface area contributed by atoms with Crippen molar-refractivity contribution in [1.82, 2.24) is 0 Å². The molecule has 2 heteroatoms. The molecule has 0 aromatic heterocycles. The summed E-state index contributed by atoms with van der Waals surface area (Å²) in [7, 11) is 1.64. The summed E-state index contributed by atoms with van der Waals surface area (Å²) in [6.45, 7) is 2.09. The Labute approximate surface area is 154 Å². The van der Waals surface area contributed by atoms with Gasteiger partial charge in [0.05, 0.1) is 7.11 Å². The number of aryl methyl sites for hydroxylation is 1. The van der Waals surface area contributed by atoms with Crippen molar-refractivity contribution in [3.05, 3.63) is 107 Å². The lowest BCUT2D eigenvalue weighted by Gasteiger charge is -2.36. The molecule has 1 aliphatic rings. The van der Waals surface area contributed by atoms with Crippen LogP contribution in [-0.2, 0) is 11.8 Å². The van der Waals surface area contributed by atoms with Gasteiger partial charge in [0.15, 0.2) is 0 Å². The van der Waals surface area contributed by atoms with E-state index >= 15 is 0 Å². The minimum absolute atomic E-state index is 0.301. The molecule has 0 saturated carbocycles. The van der Waals surface area contributed by atoms with Crippen molar-refractivity contribution in [2.24, 2.45) is 0 Å². The molecule has 3 aromatic carbocycles. The van der Waals surface area contributed by atoms with E-state index in [2.05, 4.69) is 61.5 Å². The molecule has 26 heavy (non-hydrogen) atoms. The van der Waals surface area contributed by atoms with E-state index in [-0.39, 0.29) is 5.41 Å². The van der Waals surface area contributed by atoms with Crippen LogP contribution in [0.25, 0.3) is 5.76 Å². The first kappa shape index (κ1) is 16.5. The minimum atomic E-state index is -0.388. The number of methoxy groups -OCH3 is 1. The lowest BCUT2D eigenvalue weighted by molar-refractivity contribution is 0.413. The number of ether oxygens (including phenoxy) is 1. The number of rotatable bonds is 3.